The van der Waals surface area contributed by atoms with Gasteiger partial charge in [0.2, 0.25) is 0 Å². The average molecular weight is 431 g/mol. The van der Waals surface area contributed by atoms with Crippen molar-refractivity contribution in [2.75, 3.05) is 23.4 Å². The van der Waals surface area contributed by atoms with E-state index >= 15 is 0 Å². The first-order chi connectivity index (χ1) is 15.5. The zero-order valence-corrected chi connectivity index (χ0v) is 18.3. The van der Waals surface area contributed by atoms with Gasteiger partial charge in [0.25, 0.3) is 11.8 Å². The van der Waals surface area contributed by atoms with Gasteiger partial charge in [0.15, 0.2) is 13.2 Å². The number of aryl methyl sites for hydroxylation is 2. The molecular formula is C26H26N2O4. The molecule has 6 heteroatoms. The molecule has 0 bridgehead atoms. The molecule has 0 unspecified atom stereocenters. The van der Waals surface area contributed by atoms with Crippen LogP contribution < -0.4 is 19.7 Å². The second-order valence-corrected chi connectivity index (χ2v) is 7.72. The highest BCUT2D eigenvalue weighted by atomic mass is 16.5. The van der Waals surface area contributed by atoms with Crippen LogP contribution >= 0.6 is 0 Å². The molecule has 1 aliphatic rings. The number of ether oxygens (including phenoxy) is 2. The Balaban J connectivity index is 1.47. The minimum Gasteiger partial charge on any atom is -0.484 e. The molecule has 164 valence electrons. The van der Waals surface area contributed by atoms with Gasteiger partial charge in [-0.15, -0.1) is 0 Å². The third-order valence-electron chi connectivity index (χ3n) is 5.45. The molecule has 0 saturated carbocycles. The summed E-state index contributed by atoms with van der Waals surface area (Å²) in [5, 5.41) is 2.84. The van der Waals surface area contributed by atoms with E-state index in [0.29, 0.717) is 29.4 Å². The number of hydrogen-bond donors (Lipinski definition) is 1. The number of anilines is 2. The molecule has 4 rings (SSSR count). The van der Waals surface area contributed by atoms with Crippen molar-refractivity contribution in [2.24, 2.45) is 0 Å². The molecule has 0 aliphatic carbocycles. The van der Waals surface area contributed by atoms with Gasteiger partial charge in [-0.1, -0.05) is 43.3 Å². The number of carbonyl (C=O) groups excluding carboxylic acids is 2. The smallest absolute Gasteiger partial charge is 0.265 e. The van der Waals surface area contributed by atoms with Crippen molar-refractivity contribution in [1.29, 1.82) is 0 Å². The maximum Gasteiger partial charge on any atom is 0.265 e. The van der Waals surface area contributed by atoms with Crippen molar-refractivity contribution in [3.8, 4) is 11.5 Å². The first-order valence-corrected chi connectivity index (χ1v) is 10.7. The van der Waals surface area contributed by atoms with E-state index < -0.39 is 0 Å². The SMILES string of the molecule is CCc1cccc(OCC(=O)Nc2ccc3c(c2)N(Cc2ccccc2C)C(=O)CO3)c1. The number of fused-ring (bicyclic) bond motifs is 1. The molecule has 0 saturated heterocycles. The Bertz CT molecular complexity index is 1140. The van der Waals surface area contributed by atoms with Crippen LogP contribution in [0.5, 0.6) is 11.5 Å². The Morgan fingerprint density at radius 3 is 2.75 bits per heavy atom. The average Bonchev–Trinajstić information content (AvgIpc) is 2.81. The second-order valence-electron chi connectivity index (χ2n) is 7.72. The number of hydrogen-bond acceptors (Lipinski definition) is 4. The minimum absolute atomic E-state index is 0.00471. The van der Waals surface area contributed by atoms with Crippen LogP contribution in [0.4, 0.5) is 11.4 Å². The monoisotopic (exact) mass is 430 g/mol. The lowest BCUT2D eigenvalue weighted by Gasteiger charge is -2.30. The van der Waals surface area contributed by atoms with Crippen LogP contribution in [0.15, 0.2) is 66.7 Å². The van der Waals surface area contributed by atoms with Gasteiger partial charge in [-0.2, -0.15) is 0 Å². The first-order valence-electron chi connectivity index (χ1n) is 10.7. The number of carbonyl (C=O) groups is 2. The predicted molar refractivity (Wildman–Crippen MR) is 124 cm³/mol. The Kier molecular flexibility index (Phi) is 6.40. The van der Waals surface area contributed by atoms with Crippen LogP contribution in [0.2, 0.25) is 0 Å². The number of nitrogens with zero attached hydrogens (tertiary/aromatic N) is 1. The molecule has 1 aliphatic heterocycles. The normalized spacial score (nSPS) is 12.7. The fourth-order valence-electron chi connectivity index (χ4n) is 3.61. The summed E-state index contributed by atoms with van der Waals surface area (Å²) in [5.74, 6) is 0.876. The summed E-state index contributed by atoms with van der Waals surface area (Å²) in [6.45, 7) is 4.42. The quantitative estimate of drug-likeness (QED) is 0.599. The molecule has 3 aromatic carbocycles. The molecular weight excluding hydrogens is 404 g/mol. The number of nitrogens with one attached hydrogen (secondary N) is 1. The summed E-state index contributed by atoms with van der Waals surface area (Å²) in [6.07, 6.45) is 0.901. The molecule has 32 heavy (non-hydrogen) atoms. The summed E-state index contributed by atoms with van der Waals surface area (Å²) < 4.78 is 11.2. The number of amides is 2. The minimum atomic E-state index is -0.277. The number of rotatable bonds is 7. The first kappa shape index (κ1) is 21.4. The van der Waals surface area contributed by atoms with Crippen molar-refractivity contribution in [3.63, 3.8) is 0 Å². The van der Waals surface area contributed by atoms with E-state index in [9.17, 15) is 9.59 Å². The van der Waals surface area contributed by atoms with Gasteiger partial charge in [0.1, 0.15) is 11.5 Å². The topological polar surface area (TPSA) is 67.9 Å². The molecule has 1 N–H and O–H groups in total. The van der Waals surface area contributed by atoms with Crippen LogP contribution in [0.3, 0.4) is 0 Å². The lowest BCUT2D eigenvalue weighted by atomic mass is 10.1. The molecule has 0 fully saturated rings. The predicted octanol–water partition coefficient (Wildman–Crippen LogP) is 4.50. The van der Waals surface area contributed by atoms with Gasteiger partial charge in [-0.25, -0.2) is 0 Å². The number of benzene rings is 3. The summed E-state index contributed by atoms with van der Waals surface area (Å²) >= 11 is 0. The van der Waals surface area contributed by atoms with Gasteiger partial charge >= 0.3 is 0 Å². The third kappa shape index (κ3) is 4.91. The summed E-state index contributed by atoms with van der Waals surface area (Å²) in [5.41, 5.74) is 4.54. The van der Waals surface area contributed by atoms with E-state index in [1.807, 2.05) is 55.5 Å². The highest BCUT2D eigenvalue weighted by Crippen LogP contribution is 2.35. The van der Waals surface area contributed by atoms with Crippen molar-refractivity contribution in [3.05, 3.63) is 83.4 Å². The Morgan fingerprint density at radius 1 is 1.09 bits per heavy atom. The molecule has 2 amide bonds. The summed E-state index contributed by atoms with van der Waals surface area (Å²) in [6, 6.07) is 21.0. The maximum absolute atomic E-state index is 12.6. The fraction of sp³-hybridized carbons (Fsp3) is 0.231. The van der Waals surface area contributed by atoms with Gasteiger partial charge in [-0.3, -0.25) is 9.59 Å². The Labute approximate surface area is 187 Å². The van der Waals surface area contributed by atoms with E-state index in [0.717, 1.165) is 23.1 Å². The van der Waals surface area contributed by atoms with Gasteiger partial charge in [0, 0.05) is 5.69 Å². The zero-order chi connectivity index (χ0) is 22.5. The third-order valence-corrected chi connectivity index (χ3v) is 5.45. The lowest BCUT2D eigenvalue weighted by Crippen LogP contribution is -2.38. The van der Waals surface area contributed by atoms with Crippen LogP contribution in [-0.4, -0.2) is 25.0 Å². The van der Waals surface area contributed by atoms with E-state index in [-0.39, 0.29) is 25.0 Å². The lowest BCUT2D eigenvalue weighted by molar-refractivity contribution is -0.121. The zero-order valence-electron chi connectivity index (χ0n) is 18.3. The van der Waals surface area contributed by atoms with Crippen LogP contribution in [-0.2, 0) is 22.6 Å². The maximum atomic E-state index is 12.6. The van der Waals surface area contributed by atoms with Gasteiger partial charge in [-0.05, 0) is 60.4 Å². The molecule has 0 radical (unpaired) electrons. The molecule has 0 spiro atoms. The highest BCUT2D eigenvalue weighted by Gasteiger charge is 2.26. The molecule has 3 aromatic rings. The summed E-state index contributed by atoms with van der Waals surface area (Å²) in [7, 11) is 0. The van der Waals surface area contributed by atoms with Crippen molar-refractivity contribution in [1.82, 2.24) is 0 Å². The summed E-state index contributed by atoms with van der Waals surface area (Å²) in [4.78, 5) is 26.8. The van der Waals surface area contributed by atoms with Crippen molar-refractivity contribution in [2.45, 2.75) is 26.8 Å². The van der Waals surface area contributed by atoms with Crippen molar-refractivity contribution < 1.29 is 19.1 Å². The van der Waals surface area contributed by atoms with Gasteiger partial charge < -0.3 is 19.7 Å². The van der Waals surface area contributed by atoms with E-state index in [2.05, 4.69) is 12.2 Å². The van der Waals surface area contributed by atoms with E-state index in [4.69, 9.17) is 9.47 Å². The molecule has 0 atom stereocenters. The van der Waals surface area contributed by atoms with Crippen molar-refractivity contribution >= 4 is 23.2 Å². The van der Waals surface area contributed by atoms with E-state index in [1.165, 1.54) is 0 Å². The molecule has 6 nitrogen and oxygen atoms in total. The van der Waals surface area contributed by atoms with Crippen LogP contribution in [0, 0.1) is 6.92 Å². The van der Waals surface area contributed by atoms with Gasteiger partial charge in [0.05, 0.1) is 12.2 Å². The second kappa shape index (κ2) is 9.56. The van der Waals surface area contributed by atoms with Crippen LogP contribution in [0.1, 0.15) is 23.6 Å². The highest BCUT2D eigenvalue weighted by molar-refractivity contribution is 5.99. The largest absolute Gasteiger partial charge is 0.484 e. The van der Waals surface area contributed by atoms with Crippen LogP contribution in [0.25, 0.3) is 0 Å². The molecule has 0 aromatic heterocycles. The standard InChI is InChI=1S/C26H26N2O4/c1-3-19-8-6-10-22(13-19)31-16-25(29)27-21-11-12-24-23(14-21)28(26(30)17-32-24)15-20-9-5-4-7-18(20)2/h4-14H,3,15-17H2,1-2H3,(H,27,29). The Hall–Kier alpha value is -3.80. The Morgan fingerprint density at radius 2 is 1.94 bits per heavy atom. The fourth-order valence-corrected chi connectivity index (χ4v) is 3.61. The molecule has 1 heterocycles. The van der Waals surface area contributed by atoms with E-state index in [1.54, 1.807) is 23.1 Å².